The molecule has 2 amide bonds. The minimum atomic E-state index is -0.945. The molecule has 0 saturated carbocycles. The highest BCUT2D eigenvalue weighted by Gasteiger charge is 2.28. The van der Waals surface area contributed by atoms with Gasteiger partial charge in [-0.1, -0.05) is 80.6 Å². The van der Waals surface area contributed by atoms with Gasteiger partial charge in [-0.05, 0) is 55.0 Å². The van der Waals surface area contributed by atoms with E-state index in [2.05, 4.69) is 36.6 Å². The summed E-state index contributed by atoms with van der Waals surface area (Å²) in [6, 6.07) is 22.9. The molecule has 4 aromatic rings. The van der Waals surface area contributed by atoms with Gasteiger partial charge in [-0.2, -0.15) is 5.10 Å². The molecule has 1 aliphatic carbocycles. The number of aliphatic hydroxyl groups is 1. The van der Waals surface area contributed by atoms with Crippen LogP contribution in [0.25, 0.3) is 16.5 Å². The molecular formula is C31H32N4O2. The molecule has 3 N–H and O–H groups in total. The molecule has 0 saturated heterocycles. The van der Waals surface area contributed by atoms with Gasteiger partial charge in [-0.15, -0.1) is 0 Å². The molecule has 0 aliphatic heterocycles. The van der Waals surface area contributed by atoms with E-state index in [1.54, 1.807) is 18.5 Å². The van der Waals surface area contributed by atoms with Crippen molar-refractivity contribution in [2.75, 3.05) is 10.6 Å². The fourth-order valence-corrected chi connectivity index (χ4v) is 4.56. The lowest BCUT2D eigenvalue weighted by Crippen LogP contribution is -2.21. The topological polar surface area (TPSA) is 79.2 Å². The highest BCUT2D eigenvalue weighted by atomic mass is 16.3. The van der Waals surface area contributed by atoms with Crippen LogP contribution in [0.5, 0.6) is 0 Å². The molecule has 0 fully saturated rings. The molecule has 188 valence electrons. The van der Waals surface area contributed by atoms with Crippen LogP contribution in [0, 0.1) is 0 Å². The van der Waals surface area contributed by atoms with Gasteiger partial charge in [-0.3, -0.25) is 5.32 Å². The van der Waals surface area contributed by atoms with E-state index >= 15 is 0 Å². The molecule has 1 heterocycles. The van der Waals surface area contributed by atoms with E-state index < -0.39 is 5.60 Å². The quantitative estimate of drug-likeness (QED) is 0.258. The van der Waals surface area contributed by atoms with Gasteiger partial charge in [0.25, 0.3) is 0 Å². The Morgan fingerprint density at radius 2 is 1.65 bits per heavy atom. The van der Waals surface area contributed by atoms with Crippen LogP contribution in [0.15, 0.2) is 96.6 Å². The molecule has 37 heavy (non-hydrogen) atoms. The minimum absolute atomic E-state index is 0.239. The van der Waals surface area contributed by atoms with Crippen LogP contribution in [0.3, 0.4) is 0 Å². The third-order valence-corrected chi connectivity index (χ3v) is 6.77. The summed E-state index contributed by atoms with van der Waals surface area (Å²) in [5, 5.41) is 23.3. The van der Waals surface area contributed by atoms with Crippen molar-refractivity contribution in [1.82, 2.24) is 9.78 Å². The Labute approximate surface area is 217 Å². The number of allylic oxidation sites excluding steroid dienone is 4. The Kier molecular flexibility index (Phi) is 6.21. The Balaban J connectivity index is 1.47. The van der Waals surface area contributed by atoms with Crippen LogP contribution in [0.1, 0.15) is 45.4 Å². The zero-order valence-electron chi connectivity index (χ0n) is 21.6. The number of anilines is 2. The molecule has 0 bridgehead atoms. The number of carbonyl (C=O) groups is 1. The number of hydrogen-bond donors (Lipinski definition) is 3. The molecule has 5 rings (SSSR count). The molecule has 0 unspecified atom stereocenters. The van der Waals surface area contributed by atoms with Crippen molar-refractivity contribution in [3.05, 3.63) is 108 Å². The molecular weight excluding hydrogens is 460 g/mol. The number of rotatable bonds is 7. The van der Waals surface area contributed by atoms with Crippen molar-refractivity contribution in [3.8, 4) is 5.69 Å². The first-order valence-corrected chi connectivity index (χ1v) is 12.5. The largest absolute Gasteiger partial charge is 0.386 e. The molecule has 6 heteroatoms. The lowest BCUT2D eigenvalue weighted by molar-refractivity contribution is 0.0786. The summed E-state index contributed by atoms with van der Waals surface area (Å²) in [4.78, 5) is 13.2. The zero-order chi connectivity index (χ0) is 26.2. The van der Waals surface area contributed by atoms with E-state index in [0.717, 1.165) is 39.8 Å². The predicted molar refractivity (Wildman–Crippen MR) is 150 cm³/mol. The van der Waals surface area contributed by atoms with E-state index in [1.807, 2.05) is 78.9 Å². The van der Waals surface area contributed by atoms with Crippen molar-refractivity contribution in [2.24, 2.45) is 0 Å². The van der Waals surface area contributed by atoms with Gasteiger partial charge in [0.05, 0.1) is 22.7 Å². The summed E-state index contributed by atoms with van der Waals surface area (Å²) in [7, 11) is 0. The number of benzene rings is 3. The number of carbonyl (C=O) groups excluding carboxylic acids is 1. The van der Waals surface area contributed by atoms with Crippen molar-refractivity contribution in [3.63, 3.8) is 0 Å². The maximum Gasteiger partial charge on any atom is 0.324 e. The van der Waals surface area contributed by atoms with Crippen LogP contribution in [0.4, 0.5) is 16.3 Å². The van der Waals surface area contributed by atoms with Crippen LogP contribution in [-0.4, -0.2) is 20.9 Å². The van der Waals surface area contributed by atoms with Gasteiger partial charge in [-0.25, -0.2) is 9.48 Å². The zero-order valence-corrected chi connectivity index (χ0v) is 21.6. The van der Waals surface area contributed by atoms with Crippen molar-refractivity contribution in [2.45, 2.75) is 45.1 Å². The number of nitrogens with zero attached hydrogens (tertiary/aromatic N) is 2. The fraction of sp³-hybridized carbons (Fsp3) is 0.226. The predicted octanol–water partition coefficient (Wildman–Crippen LogP) is 7.06. The van der Waals surface area contributed by atoms with E-state index in [1.165, 1.54) is 5.57 Å². The van der Waals surface area contributed by atoms with Gasteiger partial charge < -0.3 is 10.4 Å². The van der Waals surface area contributed by atoms with Crippen LogP contribution in [0.2, 0.25) is 0 Å². The van der Waals surface area contributed by atoms with E-state index in [0.29, 0.717) is 5.82 Å². The first-order chi connectivity index (χ1) is 17.6. The Morgan fingerprint density at radius 1 is 0.946 bits per heavy atom. The first kappa shape index (κ1) is 24.5. The molecule has 1 aliphatic rings. The molecule has 3 aromatic carbocycles. The van der Waals surface area contributed by atoms with Gasteiger partial charge in [0.1, 0.15) is 5.82 Å². The van der Waals surface area contributed by atoms with Gasteiger partial charge in [0.2, 0.25) is 0 Å². The summed E-state index contributed by atoms with van der Waals surface area (Å²) < 4.78 is 1.75. The third kappa shape index (κ3) is 5.20. The number of fused-ring (bicyclic) bond motifs is 1. The Bertz CT molecular complexity index is 1510. The van der Waals surface area contributed by atoms with Crippen LogP contribution < -0.4 is 10.6 Å². The normalized spacial score (nSPS) is 13.3. The Hall–Kier alpha value is -4.16. The van der Waals surface area contributed by atoms with Gasteiger partial charge in [0.15, 0.2) is 0 Å². The maximum absolute atomic E-state index is 13.2. The monoisotopic (exact) mass is 492 g/mol. The van der Waals surface area contributed by atoms with Crippen molar-refractivity contribution in [1.29, 1.82) is 0 Å². The van der Waals surface area contributed by atoms with E-state index in [-0.39, 0.29) is 11.4 Å². The maximum atomic E-state index is 13.2. The number of urea groups is 1. The van der Waals surface area contributed by atoms with Crippen LogP contribution >= 0.6 is 0 Å². The summed E-state index contributed by atoms with van der Waals surface area (Å²) in [5.74, 6) is 0.565. The fourth-order valence-electron chi connectivity index (χ4n) is 4.56. The molecule has 1 aromatic heterocycles. The van der Waals surface area contributed by atoms with Crippen molar-refractivity contribution < 1.29 is 9.90 Å². The number of aromatic nitrogens is 2. The lowest BCUT2D eigenvalue weighted by Gasteiger charge is -2.24. The first-order valence-electron chi connectivity index (χ1n) is 12.5. The second-order valence-electron chi connectivity index (χ2n) is 10.7. The Morgan fingerprint density at radius 3 is 2.32 bits per heavy atom. The molecule has 6 nitrogen and oxygen atoms in total. The van der Waals surface area contributed by atoms with Gasteiger partial charge in [0, 0.05) is 16.9 Å². The van der Waals surface area contributed by atoms with E-state index in [9.17, 15) is 9.90 Å². The second kappa shape index (κ2) is 9.37. The van der Waals surface area contributed by atoms with E-state index in [4.69, 9.17) is 5.10 Å². The number of amides is 2. The molecule has 0 atom stereocenters. The second-order valence-corrected chi connectivity index (χ2v) is 10.7. The highest BCUT2D eigenvalue weighted by molar-refractivity contribution is 6.06. The van der Waals surface area contributed by atoms with Crippen molar-refractivity contribution >= 4 is 28.3 Å². The summed E-state index contributed by atoms with van der Waals surface area (Å²) in [6.07, 6.45) is 7.12. The third-order valence-electron chi connectivity index (χ3n) is 6.77. The lowest BCUT2D eigenvalue weighted by atomic mass is 9.81. The minimum Gasteiger partial charge on any atom is -0.386 e. The SMILES string of the molecule is CC(C)(O)c1ccc(-n2nc(C(C)(C)CC3=CC=C3)cc2NC(=O)Nc2cccc3ccccc23)cc1. The summed E-state index contributed by atoms with van der Waals surface area (Å²) >= 11 is 0. The molecule has 0 spiro atoms. The van der Waals surface area contributed by atoms with Crippen LogP contribution in [-0.2, 0) is 11.0 Å². The summed E-state index contributed by atoms with van der Waals surface area (Å²) in [5.41, 5.74) is 3.30. The smallest absolute Gasteiger partial charge is 0.324 e. The average Bonchev–Trinajstić information content (AvgIpc) is 3.26. The number of hydrogen-bond acceptors (Lipinski definition) is 3. The van der Waals surface area contributed by atoms with Gasteiger partial charge >= 0.3 is 6.03 Å². The highest BCUT2D eigenvalue weighted by Crippen LogP contribution is 2.34. The number of nitrogens with one attached hydrogen (secondary N) is 2. The molecule has 0 radical (unpaired) electrons. The average molecular weight is 493 g/mol. The summed E-state index contributed by atoms with van der Waals surface area (Å²) in [6.45, 7) is 7.82. The standard InChI is InChI=1S/C31H32N4O2/c1-30(2,20-21-9-7-10-21)27-19-28(35(34-27)24-17-15-23(16-18-24)31(3,4)37)33-29(36)32-26-14-8-12-22-11-5-6-13-25(22)26/h5-19,37H,20H2,1-4H3,(H2,32,33,36).